The summed E-state index contributed by atoms with van der Waals surface area (Å²) in [6.07, 6.45) is 6.71. The van der Waals surface area contributed by atoms with E-state index < -0.39 is 0 Å². The zero-order chi connectivity index (χ0) is 15.4. The van der Waals surface area contributed by atoms with E-state index in [1.165, 1.54) is 18.4 Å². The normalized spacial score (nSPS) is 18.4. The molecule has 2 aromatic rings. The third-order valence-electron chi connectivity index (χ3n) is 4.44. The van der Waals surface area contributed by atoms with Crippen LogP contribution in [0, 0.1) is 6.92 Å². The Labute approximate surface area is 131 Å². The summed E-state index contributed by atoms with van der Waals surface area (Å²) in [4.78, 5) is 18.8. The Balaban J connectivity index is 1.69. The number of nitrogens with zero attached hydrogens (tertiary/aromatic N) is 2. The highest BCUT2D eigenvalue weighted by atomic mass is 16.3. The van der Waals surface area contributed by atoms with Crippen molar-refractivity contribution in [1.29, 1.82) is 0 Å². The molecule has 0 N–H and O–H groups in total. The van der Waals surface area contributed by atoms with Crippen LogP contribution in [0.25, 0.3) is 0 Å². The van der Waals surface area contributed by atoms with Crippen LogP contribution in [0.5, 0.6) is 0 Å². The van der Waals surface area contributed by atoms with Crippen molar-refractivity contribution in [3.05, 3.63) is 53.7 Å². The third kappa shape index (κ3) is 3.21. The number of carbonyl (C=O) groups excluding carboxylic acids is 1. The first-order valence-corrected chi connectivity index (χ1v) is 8.00. The van der Waals surface area contributed by atoms with Crippen molar-refractivity contribution in [2.75, 3.05) is 6.54 Å². The van der Waals surface area contributed by atoms with E-state index in [0.717, 1.165) is 32.2 Å². The van der Waals surface area contributed by atoms with E-state index in [0.29, 0.717) is 17.5 Å². The van der Waals surface area contributed by atoms with Crippen LogP contribution in [-0.2, 0) is 6.42 Å². The molecule has 1 atom stereocenters. The van der Waals surface area contributed by atoms with Crippen molar-refractivity contribution >= 4 is 5.91 Å². The maximum absolute atomic E-state index is 12.7. The summed E-state index contributed by atoms with van der Waals surface area (Å²) in [6, 6.07) is 10.8. The van der Waals surface area contributed by atoms with Crippen molar-refractivity contribution in [2.24, 2.45) is 0 Å². The van der Waals surface area contributed by atoms with Crippen LogP contribution in [-0.4, -0.2) is 28.4 Å². The van der Waals surface area contributed by atoms with Crippen LogP contribution in [0.3, 0.4) is 0 Å². The predicted molar refractivity (Wildman–Crippen MR) is 84.7 cm³/mol. The lowest BCUT2D eigenvalue weighted by Crippen LogP contribution is -2.44. The summed E-state index contributed by atoms with van der Waals surface area (Å²) in [5.41, 5.74) is 1.80. The van der Waals surface area contributed by atoms with Crippen LogP contribution in [0.15, 0.2) is 41.1 Å². The summed E-state index contributed by atoms with van der Waals surface area (Å²) in [7, 11) is 0. The van der Waals surface area contributed by atoms with E-state index in [2.05, 4.69) is 29.2 Å². The molecule has 0 bridgehead atoms. The quantitative estimate of drug-likeness (QED) is 0.866. The van der Waals surface area contributed by atoms with E-state index in [1.54, 1.807) is 6.92 Å². The minimum Gasteiger partial charge on any atom is -0.448 e. The number of piperidine rings is 1. The van der Waals surface area contributed by atoms with Gasteiger partial charge in [0.25, 0.3) is 5.91 Å². The number of aryl methyl sites for hydroxylation is 2. The number of rotatable bonds is 4. The van der Waals surface area contributed by atoms with Gasteiger partial charge in [-0.3, -0.25) is 4.79 Å². The number of hydrogen-bond donors (Lipinski definition) is 0. The summed E-state index contributed by atoms with van der Waals surface area (Å²) in [5, 5.41) is 0. The molecule has 4 heteroatoms. The molecule has 1 aliphatic rings. The molecule has 2 heterocycles. The molecule has 0 unspecified atom stereocenters. The number of oxazole rings is 1. The summed E-state index contributed by atoms with van der Waals surface area (Å²) < 4.78 is 5.18. The minimum absolute atomic E-state index is 0.0176. The smallest absolute Gasteiger partial charge is 0.276 e. The van der Waals surface area contributed by atoms with E-state index in [4.69, 9.17) is 4.42 Å². The molecule has 0 spiro atoms. The maximum atomic E-state index is 12.7. The molecule has 116 valence electrons. The van der Waals surface area contributed by atoms with Crippen LogP contribution < -0.4 is 0 Å². The molecule has 22 heavy (non-hydrogen) atoms. The average molecular weight is 298 g/mol. The van der Waals surface area contributed by atoms with Gasteiger partial charge in [-0.15, -0.1) is 0 Å². The first-order valence-electron chi connectivity index (χ1n) is 8.00. The van der Waals surface area contributed by atoms with Gasteiger partial charge in [-0.25, -0.2) is 4.98 Å². The first-order chi connectivity index (χ1) is 10.8. The predicted octanol–water partition coefficient (Wildman–Crippen LogP) is 3.61. The van der Waals surface area contributed by atoms with Gasteiger partial charge in [0.15, 0.2) is 12.1 Å². The molecule has 1 fully saturated rings. The number of amides is 1. The monoisotopic (exact) mass is 298 g/mol. The molecule has 1 aliphatic heterocycles. The number of likely N-dealkylation sites (tertiary alicyclic amines) is 1. The second-order valence-corrected chi connectivity index (χ2v) is 5.93. The van der Waals surface area contributed by atoms with Gasteiger partial charge in [0.05, 0.1) is 0 Å². The number of carbonyl (C=O) groups is 1. The van der Waals surface area contributed by atoms with Crippen LogP contribution in [0.1, 0.15) is 47.5 Å². The lowest BCUT2D eigenvalue weighted by atomic mass is 9.95. The van der Waals surface area contributed by atoms with Gasteiger partial charge in [0.2, 0.25) is 0 Å². The topological polar surface area (TPSA) is 46.3 Å². The van der Waals surface area contributed by atoms with Gasteiger partial charge in [-0.1, -0.05) is 30.3 Å². The van der Waals surface area contributed by atoms with Crippen LogP contribution in [0.4, 0.5) is 0 Å². The molecular weight excluding hydrogens is 276 g/mol. The summed E-state index contributed by atoms with van der Waals surface area (Å²) >= 11 is 0. The summed E-state index contributed by atoms with van der Waals surface area (Å²) in [5.74, 6) is 0.626. The number of aromatic nitrogens is 1. The fourth-order valence-electron chi connectivity index (χ4n) is 3.19. The SMILES string of the molecule is Cc1ocnc1C(=O)N1CCCC[C@H]1CCc1ccccc1. The molecule has 1 amide bonds. The van der Waals surface area contributed by atoms with Gasteiger partial charge < -0.3 is 9.32 Å². The Kier molecular flexibility index (Phi) is 4.56. The molecule has 1 saturated heterocycles. The number of benzene rings is 1. The lowest BCUT2D eigenvalue weighted by molar-refractivity contribution is 0.0595. The van der Waals surface area contributed by atoms with Gasteiger partial charge in [0, 0.05) is 12.6 Å². The van der Waals surface area contributed by atoms with Crippen molar-refractivity contribution < 1.29 is 9.21 Å². The Hall–Kier alpha value is -2.10. The van der Waals surface area contributed by atoms with Crippen molar-refractivity contribution in [2.45, 2.75) is 45.1 Å². The van der Waals surface area contributed by atoms with Gasteiger partial charge >= 0.3 is 0 Å². The molecule has 0 saturated carbocycles. The van der Waals surface area contributed by atoms with Crippen LogP contribution in [0.2, 0.25) is 0 Å². The molecule has 3 rings (SSSR count). The Morgan fingerprint density at radius 2 is 2.14 bits per heavy atom. The van der Waals surface area contributed by atoms with E-state index in [-0.39, 0.29) is 5.91 Å². The third-order valence-corrected chi connectivity index (χ3v) is 4.44. The zero-order valence-electron chi connectivity index (χ0n) is 13.0. The largest absolute Gasteiger partial charge is 0.448 e. The Bertz CT molecular complexity index is 621. The van der Waals surface area contributed by atoms with E-state index in [9.17, 15) is 4.79 Å². The second-order valence-electron chi connectivity index (χ2n) is 5.93. The summed E-state index contributed by atoms with van der Waals surface area (Å²) in [6.45, 7) is 2.62. The first kappa shape index (κ1) is 14.8. The Morgan fingerprint density at radius 1 is 1.32 bits per heavy atom. The molecule has 1 aromatic carbocycles. The van der Waals surface area contributed by atoms with Gasteiger partial charge in [-0.2, -0.15) is 0 Å². The molecular formula is C18H22N2O2. The fraction of sp³-hybridized carbons (Fsp3) is 0.444. The lowest BCUT2D eigenvalue weighted by Gasteiger charge is -2.35. The second kappa shape index (κ2) is 6.77. The Morgan fingerprint density at radius 3 is 2.86 bits per heavy atom. The zero-order valence-corrected chi connectivity index (χ0v) is 13.0. The van der Waals surface area contributed by atoms with Crippen molar-refractivity contribution in [3.8, 4) is 0 Å². The van der Waals surface area contributed by atoms with Gasteiger partial charge in [-0.05, 0) is 44.6 Å². The van der Waals surface area contributed by atoms with Crippen molar-refractivity contribution in [1.82, 2.24) is 9.88 Å². The minimum atomic E-state index is 0.0176. The van der Waals surface area contributed by atoms with E-state index >= 15 is 0 Å². The van der Waals surface area contributed by atoms with Crippen molar-refractivity contribution in [3.63, 3.8) is 0 Å². The molecule has 1 aromatic heterocycles. The van der Waals surface area contributed by atoms with Gasteiger partial charge in [0.1, 0.15) is 5.76 Å². The highest BCUT2D eigenvalue weighted by Crippen LogP contribution is 2.24. The highest BCUT2D eigenvalue weighted by Gasteiger charge is 2.29. The van der Waals surface area contributed by atoms with E-state index in [1.807, 2.05) is 11.0 Å². The average Bonchev–Trinajstić information content (AvgIpc) is 2.99. The standard InChI is InChI=1S/C18H22N2O2/c1-14-17(19-13-22-14)18(21)20-12-6-5-9-16(20)11-10-15-7-3-2-4-8-15/h2-4,7-8,13,16H,5-6,9-12H2,1H3/t16-/m0/s1. The highest BCUT2D eigenvalue weighted by molar-refractivity contribution is 5.93. The fourth-order valence-corrected chi connectivity index (χ4v) is 3.19. The number of hydrogen-bond acceptors (Lipinski definition) is 3. The maximum Gasteiger partial charge on any atom is 0.276 e. The molecule has 0 radical (unpaired) electrons. The molecule has 4 nitrogen and oxygen atoms in total. The molecule has 0 aliphatic carbocycles. The van der Waals surface area contributed by atoms with Crippen LogP contribution >= 0.6 is 0 Å².